The highest BCUT2D eigenvalue weighted by atomic mass is 35.5. The Morgan fingerprint density at radius 2 is 2.00 bits per heavy atom. The number of hydrogen-bond acceptors (Lipinski definition) is 1. The van der Waals surface area contributed by atoms with Crippen LogP contribution in [-0.4, -0.2) is 4.98 Å². The van der Waals surface area contributed by atoms with Gasteiger partial charge in [0.25, 0.3) is 0 Å². The van der Waals surface area contributed by atoms with Crippen molar-refractivity contribution in [3.8, 4) is 0 Å². The summed E-state index contributed by atoms with van der Waals surface area (Å²) in [5.41, 5.74) is 2.21. The first-order chi connectivity index (χ1) is 6.70. The van der Waals surface area contributed by atoms with E-state index in [1.807, 2.05) is 18.3 Å². The molecule has 2 aromatic rings. The average molecular weight is 206 g/mol. The number of pyridine rings is 1. The topological polar surface area (TPSA) is 12.9 Å². The van der Waals surface area contributed by atoms with Gasteiger partial charge in [-0.3, -0.25) is 4.98 Å². The van der Waals surface area contributed by atoms with Crippen molar-refractivity contribution in [3.05, 3.63) is 41.0 Å². The summed E-state index contributed by atoms with van der Waals surface area (Å²) in [5, 5.41) is 1.89. The van der Waals surface area contributed by atoms with Crippen LogP contribution in [0, 0.1) is 0 Å². The molecule has 2 heteroatoms. The van der Waals surface area contributed by atoms with Gasteiger partial charge in [-0.15, -0.1) is 0 Å². The van der Waals surface area contributed by atoms with Gasteiger partial charge in [0, 0.05) is 11.6 Å². The Labute approximate surface area is 88.7 Å². The van der Waals surface area contributed by atoms with Crippen molar-refractivity contribution in [1.29, 1.82) is 0 Å². The van der Waals surface area contributed by atoms with E-state index >= 15 is 0 Å². The zero-order chi connectivity index (χ0) is 10.1. The predicted octanol–water partition coefficient (Wildman–Crippen LogP) is 4.01. The number of benzene rings is 1. The molecule has 0 unspecified atom stereocenters. The van der Waals surface area contributed by atoms with E-state index in [1.54, 1.807) is 0 Å². The van der Waals surface area contributed by atoms with Crippen LogP contribution in [0.2, 0.25) is 5.02 Å². The van der Waals surface area contributed by atoms with Crippen LogP contribution in [0.3, 0.4) is 0 Å². The number of para-hydroxylation sites is 1. The maximum Gasteiger partial charge on any atom is 0.0890 e. The average Bonchev–Trinajstić information content (AvgIpc) is 2.17. The molecule has 2 rings (SSSR count). The van der Waals surface area contributed by atoms with E-state index < -0.39 is 0 Å². The third-order valence-electron chi connectivity index (χ3n) is 2.38. The van der Waals surface area contributed by atoms with Crippen LogP contribution >= 0.6 is 11.6 Å². The van der Waals surface area contributed by atoms with Crippen LogP contribution in [0.25, 0.3) is 10.9 Å². The third-order valence-corrected chi connectivity index (χ3v) is 2.68. The van der Waals surface area contributed by atoms with Gasteiger partial charge >= 0.3 is 0 Å². The summed E-state index contributed by atoms with van der Waals surface area (Å²) in [6.07, 6.45) is 1.82. The van der Waals surface area contributed by atoms with Crippen LogP contribution in [0.1, 0.15) is 25.3 Å². The van der Waals surface area contributed by atoms with Crippen LogP contribution in [-0.2, 0) is 0 Å². The fourth-order valence-electron chi connectivity index (χ4n) is 1.66. The Kier molecular flexibility index (Phi) is 2.42. The Hall–Kier alpha value is -1.08. The largest absolute Gasteiger partial charge is 0.255 e. The van der Waals surface area contributed by atoms with Crippen LogP contribution in [0.5, 0.6) is 0 Å². The lowest BCUT2D eigenvalue weighted by Crippen LogP contribution is -1.91. The molecule has 0 saturated carbocycles. The monoisotopic (exact) mass is 205 g/mol. The van der Waals surface area contributed by atoms with Crippen molar-refractivity contribution < 1.29 is 0 Å². The number of nitrogens with zero attached hydrogens (tertiary/aromatic N) is 1. The standard InChI is InChI=1S/C12H12ClN/c1-8(2)9-6-7-14-12-10(9)4-3-5-11(12)13/h3-8H,1-2H3. The van der Waals surface area contributed by atoms with Crippen molar-refractivity contribution >= 4 is 22.5 Å². The van der Waals surface area contributed by atoms with Gasteiger partial charge in [0.15, 0.2) is 0 Å². The molecule has 0 saturated heterocycles. The lowest BCUT2D eigenvalue weighted by atomic mass is 9.99. The summed E-state index contributed by atoms with van der Waals surface area (Å²) in [6.45, 7) is 4.35. The van der Waals surface area contributed by atoms with E-state index in [4.69, 9.17) is 11.6 Å². The molecular formula is C12H12ClN. The van der Waals surface area contributed by atoms with Gasteiger partial charge in [-0.2, -0.15) is 0 Å². The minimum atomic E-state index is 0.499. The molecule has 0 aliphatic rings. The molecule has 0 bridgehead atoms. The molecule has 1 aromatic heterocycles. The number of rotatable bonds is 1. The molecule has 0 fully saturated rings. The molecule has 0 spiro atoms. The van der Waals surface area contributed by atoms with Crippen molar-refractivity contribution in [1.82, 2.24) is 4.98 Å². The second-order valence-corrected chi connectivity index (χ2v) is 4.10. The van der Waals surface area contributed by atoms with Gasteiger partial charge in [-0.05, 0) is 23.6 Å². The Morgan fingerprint density at radius 1 is 1.21 bits per heavy atom. The second kappa shape index (κ2) is 3.58. The highest BCUT2D eigenvalue weighted by Gasteiger charge is 2.06. The van der Waals surface area contributed by atoms with Gasteiger partial charge in [0.2, 0.25) is 0 Å². The van der Waals surface area contributed by atoms with Crippen LogP contribution < -0.4 is 0 Å². The first-order valence-electron chi connectivity index (χ1n) is 4.73. The SMILES string of the molecule is CC(C)c1ccnc2c(Cl)cccc12. The molecule has 0 amide bonds. The van der Waals surface area contributed by atoms with Crippen molar-refractivity contribution in [2.75, 3.05) is 0 Å². The summed E-state index contributed by atoms with van der Waals surface area (Å²) in [6, 6.07) is 7.98. The summed E-state index contributed by atoms with van der Waals surface area (Å²) in [4.78, 5) is 4.29. The first-order valence-corrected chi connectivity index (χ1v) is 5.11. The third kappa shape index (κ3) is 1.48. The summed E-state index contributed by atoms with van der Waals surface area (Å²) in [7, 11) is 0. The molecule has 1 aromatic carbocycles. The van der Waals surface area contributed by atoms with Crippen LogP contribution in [0.15, 0.2) is 30.5 Å². The second-order valence-electron chi connectivity index (χ2n) is 3.69. The maximum atomic E-state index is 6.07. The number of halogens is 1. The molecule has 0 atom stereocenters. The number of hydrogen-bond donors (Lipinski definition) is 0. The fraction of sp³-hybridized carbons (Fsp3) is 0.250. The summed E-state index contributed by atoms with van der Waals surface area (Å²) in [5.74, 6) is 0.499. The molecule has 0 aliphatic carbocycles. The highest BCUT2D eigenvalue weighted by Crippen LogP contribution is 2.27. The molecule has 0 aliphatic heterocycles. The van der Waals surface area contributed by atoms with Gasteiger partial charge in [-0.25, -0.2) is 0 Å². The molecule has 0 radical (unpaired) electrons. The molecule has 1 heterocycles. The maximum absolute atomic E-state index is 6.07. The Morgan fingerprint density at radius 3 is 2.71 bits per heavy atom. The fourth-order valence-corrected chi connectivity index (χ4v) is 1.89. The highest BCUT2D eigenvalue weighted by molar-refractivity contribution is 6.35. The Balaban J connectivity index is 2.81. The van der Waals surface area contributed by atoms with E-state index in [2.05, 4.69) is 31.0 Å². The molecular weight excluding hydrogens is 194 g/mol. The number of aromatic nitrogens is 1. The summed E-state index contributed by atoms with van der Waals surface area (Å²) < 4.78 is 0. The zero-order valence-corrected chi connectivity index (χ0v) is 9.05. The van der Waals surface area contributed by atoms with Crippen molar-refractivity contribution in [2.24, 2.45) is 0 Å². The normalized spacial score (nSPS) is 11.1. The predicted molar refractivity (Wildman–Crippen MR) is 60.8 cm³/mol. The van der Waals surface area contributed by atoms with Gasteiger partial charge < -0.3 is 0 Å². The van der Waals surface area contributed by atoms with Crippen molar-refractivity contribution in [2.45, 2.75) is 19.8 Å². The van der Waals surface area contributed by atoms with E-state index in [1.165, 1.54) is 5.56 Å². The smallest absolute Gasteiger partial charge is 0.0890 e. The van der Waals surface area contributed by atoms with Gasteiger partial charge in [0.05, 0.1) is 10.5 Å². The summed E-state index contributed by atoms with van der Waals surface area (Å²) >= 11 is 6.07. The van der Waals surface area contributed by atoms with E-state index in [-0.39, 0.29) is 0 Å². The quantitative estimate of drug-likeness (QED) is 0.686. The lowest BCUT2D eigenvalue weighted by molar-refractivity contribution is 0.874. The minimum absolute atomic E-state index is 0.499. The molecule has 1 nitrogen and oxygen atoms in total. The lowest BCUT2D eigenvalue weighted by Gasteiger charge is -2.09. The number of fused-ring (bicyclic) bond motifs is 1. The van der Waals surface area contributed by atoms with Gasteiger partial charge in [0.1, 0.15) is 0 Å². The van der Waals surface area contributed by atoms with E-state index in [9.17, 15) is 0 Å². The zero-order valence-electron chi connectivity index (χ0n) is 8.29. The molecule has 0 N–H and O–H groups in total. The minimum Gasteiger partial charge on any atom is -0.255 e. The van der Waals surface area contributed by atoms with E-state index in [0.717, 1.165) is 15.9 Å². The first kappa shape index (κ1) is 9.47. The Bertz CT molecular complexity index is 463. The van der Waals surface area contributed by atoms with E-state index in [0.29, 0.717) is 5.92 Å². The molecule has 72 valence electrons. The van der Waals surface area contributed by atoms with Crippen LogP contribution in [0.4, 0.5) is 0 Å². The van der Waals surface area contributed by atoms with Crippen molar-refractivity contribution in [3.63, 3.8) is 0 Å². The van der Waals surface area contributed by atoms with Gasteiger partial charge in [-0.1, -0.05) is 37.6 Å². The molecule has 14 heavy (non-hydrogen) atoms.